The Bertz CT molecular complexity index is 349. The number of nitrogens with zero attached hydrogens (tertiary/aromatic N) is 1. The number of rotatable bonds is 7. The van der Waals surface area contributed by atoms with Crippen LogP contribution in [0.5, 0.6) is 0 Å². The summed E-state index contributed by atoms with van der Waals surface area (Å²) in [6.07, 6.45) is 2.37. The highest BCUT2D eigenvalue weighted by atomic mass is 15.1. The van der Waals surface area contributed by atoms with E-state index in [4.69, 9.17) is 0 Å². The lowest BCUT2D eigenvalue weighted by Gasteiger charge is -2.26. The van der Waals surface area contributed by atoms with Crippen molar-refractivity contribution in [3.63, 3.8) is 0 Å². The summed E-state index contributed by atoms with van der Waals surface area (Å²) in [5.41, 5.74) is 2.81. The molecular weight excluding hydrogens is 220 g/mol. The van der Waals surface area contributed by atoms with E-state index >= 15 is 0 Å². The number of benzene rings is 1. The molecule has 0 aliphatic carbocycles. The maximum absolute atomic E-state index is 3.44. The Labute approximate surface area is 112 Å². The van der Waals surface area contributed by atoms with Crippen LogP contribution in [0.15, 0.2) is 24.3 Å². The molecule has 1 aromatic carbocycles. The van der Waals surface area contributed by atoms with Gasteiger partial charge in [0, 0.05) is 12.1 Å². The SMILES string of the molecule is CCC(C)N(C)CCC(NC)c1ccccc1C. The third-order valence-electron chi connectivity index (χ3n) is 4.03. The molecule has 18 heavy (non-hydrogen) atoms. The Morgan fingerprint density at radius 2 is 1.94 bits per heavy atom. The van der Waals surface area contributed by atoms with Gasteiger partial charge in [-0.1, -0.05) is 31.2 Å². The summed E-state index contributed by atoms with van der Waals surface area (Å²) in [4.78, 5) is 2.45. The van der Waals surface area contributed by atoms with Gasteiger partial charge in [-0.15, -0.1) is 0 Å². The van der Waals surface area contributed by atoms with Crippen molar-refractivity contribution < 1.29 is 0 Å². The third kappa shape index (κ3) is 4.11. The molecule has 0 aliphatic rings. The van der Waals surface area contributed by atoms with Crippen LogP contribution in [0.3, 0.4) is 0 Å². The Morgan fingerprint density at radius 3 is 2.50 bits per heavy atom. The lowest BCUT2D eigenvalue weighted by atomic mass is 9.98. The van der Waals surface area contributed by atoms with Crippen LogP contribution in [0.1, 0.15) is 43.9 Å². The highest BCUT2D eigenvalue weighted by Crippen LogP contribution is 2.20. The van der Waals surface area contributed by atoms with Crippen LogP contribution in [0.4, 0.5) is 0 Å². The lowest BCUT2D eigenvalue weighted by molar-refractivity contribution is 0.239. The fourth-order valence-electron chi connectivity index (χ4n) is 2.30. The molecule has 0 spiro atoms. The van der Waals surface area contributed by atoms with E-state index in [9.17, 15) is 0 Å². The zero-order chi connectivity index (χ0) is 13.5. The van der Waals surface area contributed by atoms with Crippen molar-refractivity contribution in [3.05, 3.63) is 35.4 Å². The Morgan fingerprint density at radius 1 is 1.28 bits per heavy atom. The van der Waals surface area contributed by atoms with E-state index in [0.717, 1.165) is 13.0 Å². The molecule has 0 aliphatic heterocycles. The van der Waals surface area contributed by atoms with Gasteiger partial charge in [0.2, 0.25) is 0 Å². The first-order valence-electron chi connectivity index (χ1n) is 7.03. The largest absolute Gasteiger partial charge is 0.313 e. The number of nitrogens with one attached hydrogen (secondary N) is 1. The molecule has 2 nitrogen and oxygen atoms in total. The van der Waals surface area contributed by atoms with E-state index < -0.39 is 0 Å². The predicted molar refractivity (Wildman–Crippen MR) is 80.0 cm³/mol. The molecule has 0 amide bonds. The fourth-order valence-corrected chi connectivity index (χ4v) is 2.30. The van der Waals surface area contributed by atoms with E-state index in [-0.39, 0.29) is 0 Å². The van der Waals surface area contributed by atoms with Crippen molar-refractivity contribution >= 4 is 0 Å². The van der Waals surface area contributed by atoms with Crippen molar-refractivity contribution in [2.45, 2.75) is 45.7 Å². The van der Waals surface area contributed by atoms with E-state index in [2.05, 4.69) is 69.3 Å². The molecule has 0 heterocycles. The van der Waals surface area contributed by atoms with Gasteiger partial charge in [-0.3, -0.25) is 0 Å². The van der Waals surface area contributed by atoms with Crippen LogP contribution in [0.25, 0.3) is 0 Å². The minimum Gasteiger partial charge on any atom is -0.313 e. The number of aryl methyl sites for hydroxylation is 1. The second kappa shape index (κ2) is 7.55. The normalized spacial score (nSPS) is 14.8. The molecule has 2 unspecified atom stereocenters. The topological polar surface area (TPSA) is 15.3 Å². The van der Waals surface area contributed by atoms with Gasteiger partial charge in [0.05, 0.1) is 0 Å². The molecule has 1 N–H and O–H groups in total. The lowest BCUT2D eigenvalue weighted by Crippen LogP contribution is -2.32. The Kier molecular flexibility index (Phi) is 6.37. The van der Waals surface area contributed by atoms with Gasteiger partial charge in [-0.2, -0.15) is 0 Å². The van der Waals surface area contributed by atoms with Crippen LogP contribution in [0, 0.1) is 6.92 Å². The predicted octanol–water partition coefficient (Wildman–Crippen LogP) is 3.38. The van der Waals surface area contributed by atoms with Gasteiger partial charge < -0.3 is 10.2 Å². The standard InChI is InChI=1S/C16H28N2/c1-6-14(3)18(5)12-11-16(17-4)15-10-8-7-9-13(15)2/h7-10,14,16-17H,6,11-12H2,1-5H3. The molecule has 2 atom stereocenters. The third-order valence-corrected chi connectivity index (χ3v) is 4.03. The highest BCUT2D eigenvalue weighted by Gasteiger charge is 2.13. The summed E-state index contributed by atoms with van der Waals surface area (Å²) in [5.74, 6) is 0. The molecule has 102 valence electrons. The molecule has 0 aromatic heterocycles. The summed E-state index contributed by atoms with van der Waals surface area (Å²) in [5, 5.41) is 3.44. The van der Waals surface area contributed by atoms with Gasteiger partial charge in [0.25, 0.3) is 0 Å². The number of hydrogen-bond acceptors (Lipinski definition) is 2. The average Bonchev–Trinajstić information content (AvgIpc) is 2.40. The van der Waals surface area contributed by atoms with Crippen LogP contribution < -0.4 is 5.32 Å². The molecule has 0 bridgehead atoms. The molecular formula is C16H28N2. The molecule has 2 heteroatoms. The Hall–Kier alpha value is -0.860. The van der Waals surface area contributed by atoms with E-state index in [1.54, 1.807) is 0 Å². The molecule has 0 radical (unpaired) electrons. The van der Waals surface area contributed by atoms with Crippen molar-refractivity contribution in [3.8, 4) is 0 Å². The van der Waals surface area contributed by atoms with Crippen LogP contribution >= 0.6 is 0 Å². The molecule has 0 fully saturated rings. The first-order valence-corrected chi connectivity index (χ1v) is 7.03. The summed E-state index contributed by atoms with van der Waals surface area (Å²) < 4.78 is 0. The molecule has 1 rings (SSSR count). The smallest absolute Gasteiger partial charge is 0.0332 e. The molecule has 1 aromatic rings. The quantitative estimate of drug-likeness (QED) is 0.796. The second-order valence-corrected chi connectivity index (χ2v) is 5.22. The van der Waals surface area contributed by atoms with E-state index in [1.165, 1.54) is 17.5 Å². The summed E-state index contributed by atoms with van der Waals surface area (Å²) >= 11 is 0. The van der Waals surface area contributed by atoms with Gasteiger partial charge in [-0.25, -0.2) is 0 Å². The summed E-state index contributed by atoms with van der Waals surface area (Å²) in [7, 11) is 4.28. The maximum atomic E-state index is 3.44. The van der Waals surface area contributed by atoms with Crippen LogP contribution in [0.2, 0.25) is 0 Å². The Balaban J connectivity index is 2.61. The minimum absolute atomic E-state index is 0.456. The van der Waals surface area contributed by atoms with Crippen LogP contribution in [-0.2, 0) is 0 Å². The average molecular weight is 248 g/mol. The minimum atomic E-state index is 0.456. The van der Waals surface area contributed by atoms with Gasteiger partial charge in [-0.05, 0) is 58.5 Å². The first-order chi connectivity index (χ1) is 8.60. The number of hydrogen-bond donors (Lipinski definition) is 1. The second-order valence-electron chi connectivity index (χ2n) is 5.22. The zero-order valence-electron chi connectivity index (χ0n) is 12.5. The van der Waals surface area contributed by atoms with Crippen LogP contribution in [-0.4, -0.2) is 31.6 Å². The molecule has 0 saturated carbocycles. The van der Waals surface area contributed by atoms with Crippen molar-refractivity contribution in [1.29, 1.82) is 0 Å². The summed E-state index contributed by atoms with van der Waals surface area (Å²) in [6.45, 7) is 7.87. The van der Waals surface area contributed by atoms with E-state index in [0.29, 0.717) is 12.1 Å². The maximum Gasteiger partial charge on any atom is 0.0332 e. The monoisotopic (exact) mass is 248 g/mol. The fraction of sp³-hybridized carbons (Fsp3) is 0.625. The van der Waals surface area contributed by atoms with Crippen molar-refractivity contribution in [1.82, 2.24) is 10.2 Å². The summed E-state index contributed by atoms with van der Waals surface area (Å²) in [6, 6.07) is 9.79. The van der Waals surface area contributed by atoms with E-state index in [1.807, 2.05) is 0 Å². The van der Waals surface area contributed by atoms with Crippen molar-refractivity contribution in [2.75, 3.05) is 20.6 Å². The zero-order valence-corrected chi connectivity index (χ0v) is 12.5. The van der Waals surface area contributed by atoms with Crippen molar-refractivity contribution in [2.24, 2.45) is 0 Å². The highest BCUT2D eigenvalue weighted by molar-refractivity contribution is 5.28. The molecule has 0 saturated heterocycles. The van der Waals surface area contributed by atoms with Gasteiger partial charge >= 0.3 is 0 Å². The van der Waals surface area contributed by atoms with Gasteiger partial charge in [0.15, 0.2) is 0 Å². The van der Waals surface area contributed by atoms with Gasteiger partial charge in [0.1, 0.15) is 0 Å². The first kappa shape index (κ1) is 15.2.